The summed E-state index contributed by atoms with van der Waals surface area (Å²) in [5, 5.41) is 6.36. The van der Waals surface area contributed by atoms with Gasteiger partial charge in [0, 0.05) is 12.6 Å². The van der Waals surface area contributed by atoms with Gasteiger partial charge in [-0.15, -0.1) is 0 Å². The van der Waals surface area contributed by atoms with Crippen LogP contribution in [0.4, 0.5) is 0 Å². The number of hydrogen-bond acceptors (Lipinski definition) is 3. The van der Waals surface area contributed by atoms with E-state index in [2.05, 4.69) is 10.6 Å². The molecule has 2 N–H and O–H groups in total. The zero-order valence-corrected chi connectivity index (χ0v) is 12.1. The lowest BCUT2D eigenvalue weighted by Gasteiger charge is -2.18. The fourth-order valence-electron chi connectivity index (χ4n) is 3.05. The van der Waals surface area contributed by atoms with Crippen LogP contribution in [0.5, 0.6) is 0 Å². The Morgan fingerprint density at radius 2 is 1.79 bits per heavy atom. The van der Waals surface area contributed by atoms with Gasteiger partial charge in [-0.1, -0.05) is 25.7 Å². The summed E-state index contributed by atoms with van der Waals surface area (Å²) in [7, 11) is 0. The summed E-state index contributed by atoms with van der Waals surface area (Å²) in [6.45, 7) is 3.40. The smallest absolute Gasteiger partial charge is 0.237 e. The molecule has 4 heteroatoms. The van der Waals surface area contributed by atoms with Gasteiger partial charge in [0.1, 0.15) is 0 Å². The zero-order valence-electron chi connectivity index (χ0n) is 12.1. The molecule has 0 aromatic heterocycles. The monoisotopic (exact) mass is 268 g/mol. The molecule has 0 bridgehead atoms. The molecule has 0 aliphatic heterocycles. The standard InChI is InChI=1S/C15H28N2O2/c1-12(15(18)17-13-6-2-3-7-13)16-10-11-19-14-8-4-5-9-14/h12-14,16H,2-11H2,1H3,(H,17,18). The van der Waals surface area contributed by atoms with Crippen molar-refractivity contribution >= 4 is 5.91 Å². The highest BCUT2D eigenvalue weighted by molar-refractivity contribution is 5.81. The van der Waals surface area contributed by atoms with E-state index in [-0.39, 0.29) is 11.9 Å². The van der Waals surface area contributed by atoms with Gasteiger partial charge in [0.15, 0.2) is 0 Å². The summed E-state index contributed by atoms with van der Waals surface area (Å²) < 4.78 is 5.77. The van der Waals surface area contributed by atoms with Crippen LogP contribution < -0.4 is 10.6 Å². The van der Waals surface area contributed by atoms with Crippen LogP contribution in [0.3, 0.4) is 0 Å². The van der Waals surface area contributed by atoms with Crippen LogP contribution in [0.15, 0.2) is 0 Å². The van der Waals surface area contributed by atoms with Crippen LogP contribution in [0.2, 0.25) is 0 Å². The van der Waals surface area contributed by atoms with Crippen molar-refractivity contribution in [3.63, 3.8) is 0 Å². The van der Waals surface area contributed by atoms with Crippen LogP contribution in [-0.4, -0.2) is 37.2 Å². The van der Waals surface area contributed by atoms with Gasteiger partial charge in [-0.05, 0) is 32.6 Å². The molecule has 2 fully saturated rings. The van der Waals surface area contributed by atoms with Gasteiger partial charge in [-0.25, -0.2) is 0 Å². The van der Waals surface area contributed by atoms with Gasteiger partial charge in [-0.2, -0.15) is 0 Å². The molecule has 4 nitrogen and oxygen atoms in total. The summed E-state index contributed by atoms with van der Waals surface area (Å²) >= 11 is 0. The highest BCUT2D eigenvalue weighted by Gasteiger charge is 2.20. The lowest BCUT2D eigenvalue weighted by molar-refractivity contribution is -0.123. The molecule has 0 radical (unpaired) electrons. The van der Waals surface area contributed by atoms with E-state index in [4.69, 9.17) is 4.74 Å². The second-order valence-electron chi connectivity index (χ2n) is 5.94. The average molecular weight is 268 g/mol. The molecule has 0 saturated heterocycles. The maximum atomic E-state index is 11.9. The molecule has 0 aromatic rings. The van der Waals surface area contributed by atoms with Crippen LogP contribution in [-0.2, 0) is 9.53 Å². The van der Waals surface area contributed by atoms with E-state index < -0.39 is 0 Å². The molecule has 2 saturated carbocycles. The Morgan fingerprint density at radius 3 is 2.47 bits per heavy atom. The summed E-state index contributed by atoms with van der Waals surface area (Å²) in [6.07, 6.45) is 10.3. The molecule has 2 aliphatic carbocycles. The van der Waals surface area contributed by atoms with Crippen molar-refractivity contribution < 1.29 is 9.53 Å². The Balaban J connectivity index is 1.52. The van der Waals surface area contributed by atoms with Crippen LogP contribution in [0, 0.1) is 0 Å². The van der Waals surface area contributed by atoms with E-state index in [0.717, 1.165) is 19.4 Å². The van der Waals surface area contributed by atoms with Gasteiger partial charge in [0.2, 0.25) is 5.91 Å². The van der Waals surface area contributed by atoms with Gasteiger partial charge in [0.25, 0.3) is 0 Å². The van der Waals surface area contributed by atoms with E-state index in [1.54, 1.807) is 0 Å². The molecule has 0 aromatic carbocycles. The van der Waals surface area contributed by atoms with Gasteiger partial charge < -0.3 is 15.4 Å². The molecule has 19 heavy (non-hydrogen) atoms. The van der Waals surface area contributed by atoms with E-state index in [9.17, 15) is 4.79 Å². The van der Waals surface area contributed by atoms with E-state index in [1.165, 1.54) is 38.5 Å². The lowest BCUT2D eigenvalue weighted by atomic mass is 10.2. The summed E-state index contributed by atoms with van der Waals surface area (Å²) in [6, 6.07) is 0.291. The largest absolute Gasteiger partial charge is 0.377 e. The molecular weight excluding hydrogens is 240 g/mol. The zero-order chi connectivity index (χ0) is 13.5. The van der Waals surface area contributed by atoms with Crippen LogP contribution in [0.1, 0.15) is 58.3 Å². The molecule has 2 aliphatic rings. The second-order valence-corrected chi connectivity index (χ2v) is 5.94. The molecular formula is C15H28N2O2. The lowest BCUT2D eigenvalue weighted by Crippen LogP contribution is -2.46. The number of amides is 1. The Hall–Kier alpha value is -0.610. The van der Waals surface area contributed by atoms with Gasteiger partial charge in [-0.3, -0.25) is 4.79 Å². The molecule has 1 unspecified atom stereocenters. The van der Waals surface area contributed by atoms with Crippen molar-refractivity contribution in [1.29, 1.82) is 0 Å². The minimum atomic E-state index is -0.118. The highest BCUT2D eigenvalue weighted by Crippen LogP contribution is 2.20. The predicted molar refractivity (Wildman–Crippen MR) is 76.1 cm³/mol. The summed E-state index contributed by atoms with van der Waals surface area (Å²) in [4.78, 5) is 11.9. The SMILES string of the molecule is CC(NCCOC1CCCC1)C(=O)NC1CCCC1. The number of hydrogen-bond donors (Lipinski definition) is 2. The molecule has 110 valence electrons. The van der Waals surface area contributed by atoms with Crippen molar-refractivity contribution in [1.82, 2.24) is 10.6 Å². The number of ether oxygens (including phenoxy) is 1. The third kappa shape index (κ3) is 5.11. The number of carbonyl (C=O) groups excluding carboxylic acids is 1. The fourth-order valence-corrected chi connectivity index (χ4v) is 3.05. The Kier molecular flexibility index (Phi) is 6.11. The first-order valence-corrected chi connectivity index (χ1v) is 7.91. The molecule has 1 atom stereocenters. The molecule has 0 heterocycles. The van der Waals surface area contributed by atoms with E-state index in [1.807, 2.05) is 6.92 Å². The van der Waals surface area contributed by atoms with Crippen molar-refractivity contribution in [3.8, 4) is 0 Å². The third-order valence-corrected chi connectivity index (χ3v) is 4.30. The first kappa shape index (κ1) is 14.8. The van der Waals surface area contributed by atoms with Crippen LogP contribution in [0.25, 0.3) is 0 Å². The molecule has 1 amide bonds. The first-order chi connectivity index (χ1) is 9.25. The quantitative estimate of drug-likeness (QED) is 0.694. The summed E-state index contributed by atoms with van der Waals surface area (Å²) in [5.74, 6) is 0.132. The molecule has 0 spiro atoms. The number of nitrogens with one attached hydrogen (secondary N) is 2. The van der Waals surface area contributed by atoms with Crippen molar-refractivity contribution in [2.75, 3.05) is 13.2 Å². The Morgan fingerprint density at radius 1 is 1.16 bits per heavy atom. The van der Waals surface area contributed by atoms with Gasteiger partial charge >= 0.3 is 0 Å². The fraction of sp³-hybridized carbons (Fsp3) is 0.933. The topological polar surface area (TPSA) is 50.4 Å². The summed E-state index contributed by atoms with van der Waals surface area (Å²) in [5.41, 5.74) is 0. The second kappa shape index (κ2) is 7.85. The van der Waals surface area contributed by atoms with Crippen molar-refractivity contribution in [3.05, 3.63) is 0 Å². The van der Waals surface area contributed by atoms with Gasteiger partial charge in [0.05, 0.1) is 18.8 Å². The maximum absolute atomic E-state index is 11.9. The highest BCUT2D eigenvalue weighted by atomic mass is 16.5. The predicted octanol–water partition coefficient (Wildman–Crippen LogP) is 1.98. The van der Waals surface area contributed by atoms with Crippen molar-refractivity contribution in [2.45, 2.75) is 76.5 Å². The first-order valence-electron chi connectivity index (χ1n) is 7.91. The minimum absolute atomic E-state index is 0.118. The number of rotatable bonds is 7. The average Bonchev–Trinajstić information content (AvgIpc) is 3.07. The normalized spacial score (nSPS) is 22.8. The van der Waals surface area contributed by atoms with Crippen LogP contribution >= 0.6 is 0 Å². The maximum Gasteiger partial charge on any atom is 0.237 e. The third-order valence-electron chi connectivity index (χ3n) is 4.30. The Labute approximate surface area is 116 Å². The minimum Gasteiger partial charge on any atom is -0.377 e. The van der Waals surface area contributed by atoms with E-state index >= 15 is 0 Å². The number of carbonyl (C=O) groups is 1. The Bertz CT molecular complexity index is 271. The van der Waals surface area contributed by atoms with E-state index in [0.29, 0.717) is 18.8 Å². The van der Waals surface area contributed by atoms with Crippen molar-refractivity contribution in [2.24, 2.45) is 0 Å². The molecule has 2 rings (SSSR count).